The molecule has 0 spiro atoms. The number of rotatable bonds is 6. The molecule has 2 rings (SSSR count). The second kappa shape index (κ2) is 7.15. The van der Waals surface area contributed by atoms with Gasteiger partial charge in [-0.3, -0.25) is 0 Å². The molecule has 3 heteroatoms. The molecule has 1 N–H and O–H groups in total. The van der Waals surface area contributed by atoms with Crippen LogP contribution in [0.2, 0.25) is 0 Å². The Hall–Kier alpha value is -1.74. The third kappa shape index (κ3) is 4.14. The van der Waals surface area contributed by atoms with E-state index in [0.717, 1.165) is 19.2 Å². The van der Waals surface area contributed by atoms with E-state index in [4.69, 9.17) is 0 Å². The smallest absolute Gasteiger partial charge is 0.126 e. The van der Waals surface area contributed by atoms with Crippen LogP contribution in [0.1, 0.15) is 24.0 Å². The molecule has 0 aliphatic carbocycles. The Bertz CT molecular complexity index is 520. The second-order valence-corrected chi connectivity index (χ2v) is 4.90. The highest BCUT2D eigenvalue weighted by atomic mass is 19.1. The Balaban J connectivity index is 2.19. The fourth-order valence-corrected chi connectivity index (χ4v) is 2.36. The van der Waals surface area contributed by atoms with Gasteiger partial charge in [-0.2, -0.15) is 0 Å². The van der Waals surface area contributed by atoms with Crippen molar-refractivity contribution in [1.82, 2.24) is 5.32 Å². The molecule has 0 heterocycles. The Morgan fingerprint density at radius 1 is 1.00 bits per heavy atom. The van der Waals surface area contributed by atoms with Gasteiger partial charge >= 0.3 is 0 Å². The number of likely N-dealkylation sites (N-methyl/N-ethyl adjacent to an activating group) is 1. The molecule has 0 aliphatic rings. The fourth-order valence-electron chi connectivity index (χ4n) is 2.36. The fraction of sp³-hybridized carbons (Fsp3) is 0.294. The summed E-state index contributed by atoms with van der Waals surface area (Å²) in [4.78, 5) is 0. The largest absolute Gasteiger partial charge is 0.316 e. The zero-order valence-corrected chi connectivity index (χ0v) is 11.6. The molecule has 1 unspecified atom stereocenters. The van der Waals surface area contributed by atoms with Gasteiger partial charge in [-0.1, -0.05) is 37.3 Å². The van der Waals surface area contributed by atoms with E-state index in [9.17, 15) is 8.78 Å². The van der Waals surface area contributed by atoms with Crippen molar-refractivity contribution < 1.29 is 8.78 Å². The number of benzene rings is 2. The second-order valence-electron chi connectivity index (χ2n) is 4.90. The first-order chi connectivity index (χ1) is 9.69. The normalized spacial score (nSPS) is 12.3. The van der Waals surface area contributed by atoms with E-state index in [-0.39, 0.29) is 5.92 Å². The molecule has 2 aromatic carbocycles. The van der Waals surface area contributed by atoms with Crippen LogP contribution in [0, 0.1) is 11.6 Å². The average Bonchev–Trinajstić information content (AvgIpc) is 2.43. The van der Waals surface area contributed by atoms with E-state index in [1.165, 1.54) is 17.7 Å². The number of halogens is 2. The Kier molecular flexibility index (Phi) is 5.24. The lowest BCUT2D eigenvalue weighted by Gasteiger charge is -2.18. The molecular weight excluding hydrogens is 256 g/mol. The summed E-state index contributed by atoms with van der Waals surface area (Å²) in [5.41, 5.74) is 1.87. The Morgan fingerprint density at radius 3 is 2.25 bits per heavy atom. The molecule has 2 aromatic rings. The third-order valence-corrected chi connectivity index (χ3v) is 3.32. The maximum absolute atomic E-state index is 13.3. The molecule has 20 heavy (non-hydrogen) atoms. The van der Waals surface area contributed by atoms with E-state index in [2.05, 4.69) is 17.4 Å². The van der Waals surface area contributed by atoms with Gasteiger partial charge in [-0.05, 0) is 36.2 Å². The number of hydrogen-bond acceptors (Lipinski definition) is 1. The predicted molar refractivity (Wildman–Crippen MR) is 77.8 cm³/mol. The topological polar surface area (TPSA) is 12.0 Å². The van der Waals surface area contributed by atoms with E-state index in [1.807, 2.05) is 25.1 Å². The highest BCUT2D eigenvalue weighted by molar-refractivity contribution is 5.25. The van der Waals surface area contributed by atoms with Crippen molar-refractivity contribution >= 4 is 0 Å². The molecule has 0 amide bonds. The molecular formula is C17H19F2N. The zero-order valence-electron chi connectivity index (χ0n) is 11.6. The number of hydrogen-bond donors (Lipinski definition) is 1. The van der Waals surface area contributed by atoms with Crippen LogP contribution in [-0.2, 0) is 6.42 Å². The first kappa shape index (κ1) is 14.7. The minimum Gasteiger partial charge on any atom is -0.316 e. The van der Waals surface area contributed by atoms with E-state index in [0.29, 0.717) is 12.0 Å². The summed E-state index contributed by atoms with van der Waals surface area (Å²) in [6, 6.07) is 13.8. The molecule has 106 valence electrons. The molecule has 0 saturated heterocycles. The SMILES string of the molecule is CCNCC(Cc1cc(F)cc(F)c1)c1ccccc1. The minimum absolute atomic E-state index is 0.206. The van der Waals surface area contributed by atoms with Crippen LogP contribution in [0.25, 0.3) is 0 Å². The van der Waals surface area contributed by atoms with E-state index < -0.39 is 11.6 Å². The number of nitrogens with one attached hydrogen (secondary N) is 1. The van der Waals surface area contributed by atoms with Crippen molar-refractivity contribution in [3.05, 3.63) is 71.3 Å². The van der Waals surface area contributed by atoms with Gasteiger partial charge in [0.15, 0.2) is 0 Å². The lowest BCUT2D eigenvalue weighted by Crippen LogP contribution is -2.22. The van der Waals surface area contributed by atoms with Gasteiger partial charge in [0.05, 0.1) is 0 Å². The summed E-state index contributed by atoms with van der Waals surface area (Å²) in [6.07, 6.45) is 0.617. The van der Waals surface area contributed by atoms with Gasteiger partial charge in [0.2, 0.25) is 0 Å². The summed E-state index contributed by atoms with van der Waals surface area (Å²) < 4.78 is 26.6. The first-order valence-corrected chi connectivity index (χ1v) is 6.89. The molecule has 0 saturated carbocycles. The lowest BCUT2D eigenvalue weighted by molar-refractivity contribution is 0.566. The third-order valence-electron chi connectivity index (χ3n) is 3.32. The molecule has 0 aliphatic heterocycles. The van der Waals surface area contributed by atoms with Gasteiger partial charge in [-0.25, -0.2) is 8.78 Å². The standard InChI is InChI=1S/C17H19F2N/c1-2-20-12-15(14-6-4-3-5-7-14)8-13-9-16(18)11-17(19)10-13/h3-7,9-11,15,20H,2,8,12H2,1H3. The van der Waals surface area contributed by atoms with Crippen molar-refractivity contribution in [1.29, 1.82) is 0 Å². The van der Waals surface area contributed by atoms with Gasteiger partial charge in [0, 0.05) is 18.5 Å². The summed E-state index contributed by atoms with van der Waals surface area (Å²) >= 11 is 0. The highest BCUT2D eigenvalue weighted by Gasteiger charge is 2.13. The van der Waals surface area contributed by atoms with Gasteiger partial charge in [-0.15, -0.1) is 0 Å². The molecule has 1 nitrogen and oxygen atoms in total. The van der Waals surface area contributed by atoms with Crippen LogP contribution in [0.15, 0.2) is 48.5 Å². The minimum atomic E-state index is -0.518. The summed E-state index contributed by atoms with van der Waals surface area (Å²) in [7, 11) is 0. The van der Waals surface area contributed by atoms with Crippen molar-refractivity contribution in [2.45, 2.75) is 19.3 Å². The van der Waals surface area contributed by atoms with Crippen molar-refractivity contribution in [3.63, 3.8) is 0 Å². The summed E-state index contributed by atoms with van der Waals surface area (Å²) in [5, 5.41) is 3.31. The lowest BCUT2D eigenvalue weighted by atomic mass is 9.92. The van der Waals surface area contributed by atoms with Crippen LogP contribution in [0.4, 0.5) is 8.78 Å². The van der Waals surface area contributed by atoms with Gasteiger partial charge in [0.1, 0.15) is 11.6 Å². The Morgan fingerprint density at radius 2 is 1.65 bits per heavy atom. The molecule has 0 radical (unpaired) electrons. The van der Waals surface area contributed by atoms with E-state index in [1.54, 1.807) is 0 Å². The van der Waals surface area contributed by atoms with Crippen molar-refractivity contribution in [2.75, 3.05) is 13.1 Å². The monoisotopic (exact) mass is 275 g/mol. The van der Waals surface area contributed by atoms with Crippen molar-refractivity contribution in [3.8, 4) is 0 Å². The van der Waals surface area contributed by atoms with Crippen molar-refractivity contribution in [2.24, 2.45) is 0 Å². The van der Waals surface area contributed by atoms with Crippen LogP contribution in [0.3, 0.4) is 0 Å². The maximum Gasteiger partial charge on any atom is 0.126 e. The average molecular weight is 275 g/mol. The summed E-state index contributed by atoms with van der Waals surface area (Å²) in [6.45, 7) is 3.71. The predicted octanol–water partition coefficient (Wildman–Crippen LogP) is 3.90. The maximum atomic E-state index is 13.3. The zero-order chi connectivity index (χ0) is 14.4. The molecule has 0 bridgehead atoms. The van der Waals surface area contributed by atoms with Crippen LogP contribution in [0.5, 0.6) is 0 Å². The van der Waals surface area contributed by atoms with Crippen LogP contribution in [-0.4, -0.2) is 13.1 Å². The Labute approximate surface area is 118 Å². The summed E-state index contributed by atoms with van der Waals surface area (Å²) in [5.74, 6) is -0.831. The van der Waals surface area contributed by atoms with Gasteiger partial charge < -0.3 is 5.32 Å². The molecule has 0 fully saturated rings. The van der Waals surface area contributed by atoms with Crippen LogP contribution >= 0.6 is 0 Å². The van der Waals surface area contributed by atoms with E-state index >= 15 is 0 Å². The first-order valence-electron chi connectivity index (χ1n) is 6.89. The van der Waals surface area contributed by atoms with Crippen LogP contribution < -0.4 is 5.32 Å². The molecule has 1 atom stereocenters. The quantitative estimate of drug-likeness (QED) is 0.843. The molecule has 0 aromatic heterocycles. The highest BCUT2D eigenvalue weighted by Crippen LogP contribution is 2.21. The van der Waals surface area contributed by atoms with Gasteiger partial charge in [0.25, 0.3) is 0 Å².